The summed E-state index contributed by atoms with van der Waals surface area (Å²) in [6.45, 7) is 4.93. The Kier molecular flexibility index (Phi) is 4.07. The van der Waals surface area contributed by atoms with E-state index in [0.29, 0.717) is 6.04 Å². The number of hydrogen-bond donors (Lipinski definition) is 1. The lowest BCUT2D eigenvalue weighted by Crippen LogP contribution is -2.18. The average Bonchev–Trinajstić information content (AvgIpc) is 3.11. The van der Waals surface area contributed by atoms with Crippen molar-refractivity contribution in [1.29, 1.82) is 0 Å². The molecule has 1 aliphatic carbocycles. The Morgan fingerprint density at radius 3 is 2.82 bits per heavy atom. The molecule has 1 aromatic heterocycles. The molecule has 0 aliphatic heterocycles. The van der Waals surface area contributed by atoms with Crippen LogP contribution in [0, 0.1) is 6.92 Å². The van der Waals surface area contributed by atoms with Crippen LogP contribution in [0.5, 0.6) is 0 Å². The van der Waals surface area contributed by atoms with Crippen molar-refractivity contribution in [1.82, 2.24) is 15.3 Å². The molecular formula is C13H21N3O. The highest BCUT2D eigenvalue weighted by Crippen LogP contribution is 2.20. The van der Waals surface area contributed by atoms with Crippen molar-refractivity contribution in [2.75, 3.05) is 7.11 Å². The van der Waals surface area contributed by atoms with E-state index in [1.54, 1.807) is 7.11 Å². The molecule has 94 valence electrons. The lowest BCUT2D eigenvalue weighted by Gasteiger charge is -2.13. The molecule has 17 heavy (non-hydrogen) atoms. The maximum absolute atomic E-state index is 5.39. The van der Waals surface area contributed by atoms with E-state index in [-0.39, 0.29) is 6.10 Å². The van der Waals surface area contributed by atoms with E-state index >= 15 is 0 Å². The van der Waals surface area contributed by atoms with Crippen LogP contribution in [0.3, 0.4) is 0 Å². The number of methoxy groups -OCH3 is 1. The van der Waals surface area contributed by atoms with Gasteiger partial charge >= 0.3 is 0 Å². The molecule has 1 atom stereocenters. The molecule has 1 aromatic rings. The number of rotatable bonds is 6. The van der Waals surface area contributed by atoms with Crippen LogP contribution >= 0.6 is 0 Å². The van der Waals surface area contributed by atoms with Gasteiger partial charge in [0.15, 0.2) is 5.82 Å². The lowest BCUT2D eigenvalue weighted by atomic mass is 10.2. The Labute approximate surface area is 103 Å². The molecule has 0 saturated heterocycles. The maximum Gasteiger partial charge on any atom is 0.157 e. The first-order chi connectivity index (χ1) is 8.22. The second-order valence-corrected chi connectivity index (χ2v) is 4.65. The third-order valence-electron chi connectivity index (χ3n) is 3.02. The molecule has 0 radical (unpaired) electrons. The summed E-state index contributed by atoms with van der Waals surface area (Å²) in [5.74, 6) is 0.808. The summed E-state index contributed by atoms with van der Waals surface area (Å²) < 4.78 is 5.39. The SMILES string of the molecule is CCC(OC)c1nc(C)cc(CNC2CC2)n1. The van der Waals surface area contributed by atoms with Crippen molar-refractivity contribution in [2.45, 2.75) is 51.8 Å². The normalized spacial score (nSPS) is 17.1. The summed E-state index contributed by atoms with van der Waals surface area (Å²) >= 11 is 0. The first-order valence-electron chi connectivity index (χ1n) is 6.33. The minimum atomic E-state index is 0.00887. The summed E-state index contributed by atoms with van der Waals surface area (Å²) in [6.07, 6.45) is 3.50. The molecule has 2 rings (SSSR count). The average molecular weight is 235 g/mol. The quantitative estimate of drug-likeness (QED) is 0.820. The van der Waals surface area contributed by atoms with E-state index in [0.717, 1.165) is 30.2 Å². The van der Waals surface area contributed by atoms with Crippen LogP contribution in [0.25, 0.3) is 0 Å². The minimum absolute atomic E-state index is 0.00887. The largest absolute Gasteiger partial charge is 0.373 e. The number of aryl methyl sites for hydroxylation is 1. The van der Waals surface area contributed by atoms with Crippen molar-refractivity contribution < 1.29 is 4.74 Å². The van der Waals surface area contributed by atoms with Gasteiger partial charge in [-0.3, -0.25) is 0 Å². The zero-order valence-electron chi connectivity index (χ0n) is 10.9. The molecule has 0 amide bonds. The highest BCUT2D eigenvalue weighted by atomic mass is 16.5. The molecule has 1 N–H and O–H groups in total. The number of nitrogens with one attached hydrogen (secondary N) is 1. The van der Waals surface area contributed by atoms with Crippen LogP contribution in [-0.4, -0.2) is 23.1 Å². The van der Waals surface area contributed by atoms with Crippen molar-refractivity contribution in [3.63, 3.8) is 0 Å². The third kappa shape index (κ3) is 3.48. The predicted octanol–water partition coefficient (Wildman–Crippen LogP) is 2.13. The first kappa shape index (κ1) is 12.5. The van der Waals surface area contributed by atoms with Crippen LogP contribution in [-0.2, 0) is 11.3 Å². The van der Waals surface area contributed by atoms with Gasteiger partial charge in [-0.25, -0.2) is 9.97 Å². The van der Waals surface area contributed by atoms with Gasteiger partial charge in [0.2, 0.25) is 0 Å². The van der Waals surface area contributed by atoms with Gasteiger partial charge in [-0.2, -0.15) is 0 Å². The van der Waals surface area contributed by atoms with E-state index in [2.05, 4.69) is 22.2 Å². The Bertz CT molecular complexity index is 373. The Morgan fingerprint density at radius 2 is 2.24 bits per heavy atom. The van der Waals surface area contributed by atoms with E-state index in [4.69, 9.17) is 4.74 Å². The van der Waals surface area contributed by atoms with Gasteiger partial charge in [-0.15, -0.1) is 0 Å². The standard InChI is InChI=1S/C13H21N3O/c1-4-12(17-3)13-15-9(2)7-11(16-13)8-14-10-5-6-10/h7,10,12,14H,4-6,8H2,1-3H3. The predicted molar refractivity (Wildman–Crippen MR) is 66.7 cm³/mol. The Hall–Kier alpha value is -1.00. The van der Waals surface area contributed by atoms with Gasteiger partial charge < -0.3 is 10.1 Å². The topological polar surface area (TPSA) is 47.0 Å². The van der Waals surface area contributed by atoms with E-state index < -0.39 is 0 Å². The maximum atomic E-state index is 5.39. The molecule has 1 heterocycles. The van der Waals surface area contributed by atoms with Crippen molar-refractivity contribution in [3.05, 3.63) is 23.3 Å². The summed E-state index contributed by atoms with van der Waals surface area (Å²) in [4.78, 5) is 9.03. The van der Waals surface area contributed by atoms with E-state index in [1.165, 1.54) is 12.8 Å². The van der Waals surface area contributed by atoms with E-state index in [1.807, 2.05) is 13.0 Å². The van der Waals surface area contributed by atoms with Crippen molar-refractivity contribution >= 4 is 0 Å². The highest BCUT2D eigenvalue weighted by molar-refractivity contribution is 5.11. The number of aromatic nitrogens is 2. The monoisotopic (exact) mass is 235 g/mol. The number of hydrogen-bond acceptors (Lipinski definition) is 4. The zero-order chi connectivity index (χ0) is 12.3. The van der Waals surface area contributed by atoms with Gasteiger partial charge in [-0.1, -0.05) is 6.92 Å². The fourth-order valence-electron chi connectivity index (χ4n) is 1.88. The van der Waals surface area contributed by atoms with Gasteiger partial charge in [0.1, 0.15) is 6.10 Å². The second-order valence-electron chi connectivity index (χ2n) is 4.65. The minimum Gasteiger partial charge on any atom is -0.373 e. The van der Waals surface area contributed by atoms with Gasteiger partial charge in [0, 0.05) is 25.4 Å². The zero-order valence-corrected chi connectivity index (χ0v) is 10.9. The molecule has 1 unspecified atom stereocenters. The Balaban J connectivity index is 2.09. The molecule has 0 aromatic carbocycles. The first-order valence-corrected chi connectivity index (χ1v) is 6.33. The second kappa shape index (κ2) is 5.56. The van der Waals surface area contributed by atoms with Crippen molar-refractivity contribution in [3.8, 4) is 0 Å². The fraction of sp³-hybridized carbons (Fsp3) is 0.692. The van der Waals surface area contributed by atoms with Gasteiger partial charge in [0.25, 0.3) is 0 Å². The van der Waals surface area contributed by atoms with Crippen molar-refractivity contribution in [2.24, 2.45) is 0 Å². The smallest absolute Gasteiger partial charge is 0.157 e. The molecule has 0 spiro atoms. The summed E-state index contributed by atoms with van der Waals surface area (Å²) in [5.41, 5.74) is 2.08. The van der Waals surface area contributed by atoms with Gasteiger partial charge in [0.05, 0.1) is 5.69 Å². The molecule has 1 aliphatic rings. The van der Waals surface area contributed by atoms with Crippen LogP contribution < -0.4 is 5.32 Å². The van der Waals surface area contributed by atoms with Crippen LogP contribution in [0.1, 0.15) is 49.5 Å². The summed E-state index contributed by atoms with van der Waals surface area (Å²) in [6, 6.07) is 2.75. The van der Waals surface area contributed by atoms with Crippen LogP contribution in [0.15, 0.2) is 6.07 Å². The summed E-state index contributed by atoms with van der Waals surface area (Å²) in [5, 5.41) is 3.47. The van der Waals surface area contributed by atoms with Gasteiger partial charge in [-0.05, 0) is 32.3 Å². The number of nitrogens with zero attached hydrogens (tertiary/aromatic N) is 2. The molecule has 1 saturated carbocycles. The fourth-order valence-corrected chi connectivity index (χ4v) is 1.88. The van der Waals surface area contributed by atoms with Crippen LogP contribution in [0.2, 0.25) is 0 Å². The number of ether oxygens (including phenoxy) is 1. The lowest BCUT2D eigenvalue weighted by molar-refractivity contribution is 0.0922. The molecule has 0 bridgehead atoms. The molecule has 4 nitrogen and oxygen atoms in total. The Morgan fingerprint density at radius 1 is 1.47 bits per heavy atom. The highest BCUT2D eigenvalue weighted by Gasteiger charge is 2.20. The van der Waals surface area contributed by atoms with E-state index in [9.17, 15) is 0 Å². The molecular weight excluding hydrogens is 214 g/mol. The van der Waals surface area contributed by atoms with Crippen LogP contribution in [0.4, 0.5) is 0 Å². The summed E-state index contributed by atoms with van der Waals surface area (Å²) in [7, 11) is 1.71. The third-order valence-corrected chi connectivity index (χ3v) is 3.02. The molecule has 1 fully saturated rings. The molecule has 4 heteroatoms.